The minimum atomic E-state index is -0.0908. The average Bonchev–Trinajstić information content (AvgIpc) is 3.28. The molecular weight excluding hydrogens is 456 g/mol. The number of nitrogens with zero attached hydrogens (tertiary/aromatic N) is 3. The summed E-state index contributed by atoms with van der Waals surface area (Å²) in [5.74, 6) is 2.83. The number of carbonyl (C=O) groups is 1. The molecule has 3 rings (SSSR count). The van der Waals surface area contributed by atoms with Crippen molar-refractivity contribution in [1.82, 2.24) is 20.1 Å². The maximum Gasteiger partial charge on any atom is 0.230 e. The Hall–Kier alpha value is -3.24. The number of hydrogen-bond acceptors (Lipinski definition) is 8. The molecule has 0 aliphatic heterocycles. The Labute approximate surface area is 203 Å². The van der Waals surface area contributed by atoms with E-state index in [0.29, 0.717) is 42.2 Å². The van der Waals surface area contributed by atoms with E-state index in [1.54, 1.807) is 28.4 Å². The molecule has 0 saturated heterocycles. The average molecular weight is 487 g/mol. The summed E-state index contributed by atoms with van der Waals surface area (Å²) in [5, 5.41) is 12.3. The largest absolute Gasteiger partial charge is 0.497 e. The number of aromatic nitrogens is 3. The molecule has 1 amide bonds. The van der Waals surface area contributed by atoms with Gasteiger partial charge in [-0.15, -0.1) is 10.2 Å². The van der Waals surface area contributed by atoms with E-state index in [-0.39, 0.29) is 11.7 Å². The van der Waals surface area contributed by atoms with Gasteiger partial charge in [0.15, 0.2) is 22.5 Å². The first kappa shape index (κ1) is 25.4. The summed E-state index contributed by atoms with van der Waals surface area (Å²) in [6, 6.07) is 13.2. The Bertz CT molecular complexity index is 1090. The monoisotopic (exact) mass is 486 g/mol. The number of hydrogen-bond donors (Lipinski definition) is 1. The molecule has 9 nitrogen and oxygen atoms in total. The number of thioether (sulfide) groups is 1. The molecule has 0 fully saturated rings. The van der Waals surface area contributed by atoms with E-state index in [9.17, 15) is 4.79 Å². The quantitative estimate of drug-likeness (QED) is 0.290. The van der Waals surface area contributed by atoms with Gasteiger partial charge in [0, 0.05) is 32.4 Å². The van der Waals surface area contributed by atoms with Crippen LogP contribution in [0.4, 0.5) is 0 Å². The number of nitrogens with one attached hydrogen (secondary N) is 1. The van der Waals surface area contributed by atoms with Crippen molar-refractivity contribution in [3.8, 4) is 28.6 Å². The zero-order valence-electron chi connectivity index (χ0n) is 19.9. The lowest BCUT2D eigenvalue weighted by Gasteiger charge is -2.12. The summed E-state index contributed by atoms with van der Waals surface area (Å²) in [4.78, 5) is 12.5. The van der Waals surface area contributed by atoms with Crippen LogP contribution in [-0.4, -0.2) is 61.5 Å². The molecule has 1 aromatic heterocycles. The van der Waals surface area contributed by atoms with Gasteiger partial charge in [0.2, 0.25) is 5.91 Å². The molecule has 0 atom stereocenters. The number of benzene rings is 2. The predicted octanol–water partition coefficient (Wildman–Crippen LogP) is 3.42. The van der Waals surface area contributed by atoms with Crippen molar-refractivity contribution in [2.75, 3.05) is 40.8 Å². The van der Waals surface area contributed by atoms with Gasteiger partial charge in [-0.3, -0.25) is 4.79 Å². The van der Waals surface area contributed by atoms with Gasteiger partial charge in [-0.2, -0.15) is 0 Å². The smallest absolute Gasteiger partial charge is 0.230 e. The van der Waals surface area contributed by atoms with E-state index in [1.807, 2.05) is 47.0 Å². The number of carbonyl (C=O) groups excluding carboxylic acids is 1. The van der Waals surface area contributed by atoms with Gasteiger partial charge >= 0.3 is 0 Å². The van der Waals surface area contributed by atoms with Crippen LogP contribution in [0.15, 0.2) is 47.6 Å². The van der Waals surface area contributed by atoms with E-state index >= 15 is 0 Å². The van der Waals surface area contributed by atoms with Gasteiger partial charge < -0.3 is 28.8 Å². The first-order valence-corrected chi connectivity index (χ1v) is 11.7. The summed E-state index contributed by atoms with van der Waals surface area (Å²) in [6.45, 7) is 1.68. The van der Waals surface area contributed by atoms with Crippen molar-refractivity contribution in [3.63, 3.8) is 0 Å². The van der Waals surface area contributed by atoms with Gasteiger partial charge in [-0.25, -0.2) is 0 Å². The van der Waals surface area contributed by atoms with Gasteiger partial charge in [0.05, 0.1) is 27.1 Å². The molecule has 182 valence electrons. The molecule has 34 heavy (non-hydrogen) atoms. The fourth-order valence-electron chi connectivity index (χ4n) is 3.32. The number of rotatable bonds is 13. The fourth-order valence-corrected chi connectivity index (χ4v) is 4.11. The van der Waals surface area contributed by atoms with E-state index in [2.05, 4.69) is 15.5 Å². The summed E-state index contributed by atoms with van der Waals surface area (Å²) in [7, 11) is 6.48. The second-order valence-corrected chi connectivity index (χ2v) is 8.23. The number of ether oxygens (including phenoxy) is 4. The van der Waals surface area contributed by atoms with Crippen LogP contribution in [0, 0.1) is 0 Å². The third-order valence-electron chi connectivity index (χ3n) is 5.04. The highest BCUT2D eigenvalue weighted by Gasteiger charge is 2.17. The molecule has 0 unspecified atom stereocenters. The van der Waals surface area contributed by atoms with E-state index in [0.717, 1.165) is 23.3 Å². The van der Waals surface area contributed by atoms with E-state index < -0.39 is 0 Å². The highest BCUT2D eigenvalue weighted by Crippen LogP contribution is 2.33. The Balaban J connectivity index is 1.71. The van der Waals surface area contributed by atoms with Gasteiger partial charge in [-0.05, 0) is 42.3 Å². The Kier molecular flexibility index (Phi) is 9.60. The number of amides is 1. The zero-order chi connectivity index (χ0) is 24.3. The zero-order valence-corrected chi connectivity index (χ0v) is 20.7. The van der Waals surface area contributed by atoms with Crippen molar-refractivity contribution < 1.29 is 23.7 Å². The first-order chi connectivity index (χ1) is 16.6. The predicted molar refractivity (Wildman–Crippen MR) is 131 cm³/mol. The third kappa shape index (κ3) is 6.64. The second kappa shape index (κ2) is 12.9. The molecule has 0 bridgehead atoms. The van der Waals surface area contributed by atoms with Crippen molar-refractivity contribution in [2.45, 2.75) is 24.7 Å². The molecule has 3 aromatic rings. The van der Waals surface area contributed by atoms with Crippen molar-refractivity contribution in [1.29, 1.82) is 0 Å². The highest BCUT2D eigenvalue weighted by molar-refractivity contribution is 7.99. The highest BCUT2D eigenvalue weighted by atomic mass is 32.2. The van der Waals surface area contributed by atoms with Crippen LogP contribution >= 0.6 is 11.8 Å². The molecule has 1 N–H and O–H groups in total. The summed E-state index contributed by atoms with van der Waals surface area (Å²) in [6.07, 6.45) is 0.782. The molecule has 0 aliphatic rings. The van der Waals surface area contributed by atoms with Crippen LogP contribution in [-0.2, 0) is 22.6 Å². The summed E-state index contributed by atoms with van der Waals surface area (Å²) in [5.41, 5.74) is 1.81. The van der Waals surface area contributed by atoms with Crippen LogP contribution < -0.4 is 19.5 Å². The molecular formula is C24H30N4O5S. The maximum absolute atomic E-state index is 12.5. The molecule has 0 radical (unpaired) electrons. The Morgan fingerprint density at radius 3 is 2.56 bits per heavy atom. The Morgan fingerprint density at radius 2 is 1.82 bits per heavy atom. The van der Waals surface area contributed by atoms with Gasteiger partial charge in [0.1, 0.15) is 5.75 Å². The molecule has 0 spiro atoms. The second-order valence-electron chi connectivity index (χ2n) is 7.29. The summed E-state index contributed by atoms with van der Waals surface area (Å²) < 4.78 is 23.2. The van der Waals surface area contributed by atoms with E-state index in [4.69, 9.17) is 18.9 Å². The van der Waals surface area contributed by atoms with Crippen LogP contribution in [0.2, 0.25) is 0 Å². The standard InChI is InChI=1S/C24H30N4O5S/c1-30-12-6-11-28-23(18-9-10-20(32-3)21(14-18)33-4)26-27-24(28)34-16-22(29)25-15-17-7-5-8-19(13-17)31-2/h5,7-10,13-14H,6,11-12,15-16H2,1-4H3,(H,25,29). The minimum absolute atomic E-state index is 0.0908. The van der Waals surface area contributed by atoms with Crippen molar-refractivity contribution in [3.05, 3.63) is 48.0 Å². The number of methoxy groups -OCH3 is 4. The topological polar surface area (TPSA) is 96.7 Å². The lowest BCUT2D eigenvalue weighted by molar-refractivity contribution is -0.118. The Morgan fingerprint density at radius 1 is 1.00 bits per heavy atom. The fraction of sp³-hybridized carbons (Fsp3) is 0.375. The lowest BCUT2D eigenvalue weighted by atomic mass is 10.2. The normalized spacial score (nSPS) is 10.7. The minimum Gasteiger partial charge on any atom is -0.497 e. The first-order valence-electron chi connectivity index (χ1n) is 10.8. The van der Waals surface area contributed by atoms with Crippen LogP contribution in [0.5, 0.6) is 17.2 Å². The van der Waals surface area contributed by atoms with Gasteiger partial charge in [-0.1, -0.05) is 23.9 Å². The van der Waals surface area contributed by atoms with E-state index in [1.165, 1.54) is 11.8 Å². The van der Waals surface area contributed by atoms with Crippen LogP contribution in [0.1, 0.15) is 12.0 Å². The maximum atomic E-state index is 12.5. The SMILES string of the molecule is COCCCn1c(SCC(=O)NCc2cccc(OC)c2)nnc1-c1ccc(OC)c(OC)c1. The molecule has 0 aliphatic carbocycles. The van der Waals surface area contributed by atoms with Crippen molar-refractivity contribution in [2.24, 2.45) is 0 Å². The summed E-state index contributed by atoms with van der Waals surface area (Å²) >= 11 is 1.34. The third-order valence-corrected chi connectivity index (χ3v) is 6.01. The van der Waals surface area contributed by atoms with Crippen LogP contribution in [0.3, 0.4) is 0 Å². The molecule has 10 heteroatoms. The molecule has 2 aromatic carbocycles. The molecule has 0 saturated carbocycles. The lowest BCUT2D eigenvalue weighted by Crippen LogP contribution is -2.24. The molecule has 1 heterocycles. The van der Waals surface area contributed by atoms with Crippen molar-refractivity contribution >= 4 is 17.7 Å². The van der Waals surface area contributed by atoms with Gasteiger partial charge in [0.25, 0.3) is 0 Å². The van der Waals surface area contributed by atoms with Crippen LogP contribution in [0.25, 0.3) is 11.4 Å².